The molecule has 1 aliphatic rings. The fraction of sp³-hybridized carbons (Fsp3) is 0.500. The monoisotopic (exact) mass is 274 g/mol. The molecule has 0 radical (unpaired) electrons. The maximum atomic E-state index is 12.3. The van der Waals surface area contributed by atoms with E-state index in [1.54, 1.807) is 9.58 Å². The predicted molar refractivity (Wildman–Crippen MR) is 73.9 cm³/mol. The molecule has 1 saturated heterocycles. The molecule has 1 aromatic carbocycles. The van der Waals surface area contributed by atoms with Crippen LogP contribution in [0.15, 0.2) is 24.3 Å². The van der Waals surface area contributed by atoms with Crippen molar-refractivity contribution in [1.29, 1.82) is 0 Å². The molecule has 2 unspecified atom stereocenters. The molecule has 0 spiro atoms. The van der Waals surface area contributed by atoms with Crippen molar-refractivity contribution in [3.05, 3.63) is 24.3 Å². The molecular formula is C14H18N4O2. The molecule has 0 aliphatic carbocycles. The fourth-order valence-corrected chi connectivity index (χ4v) is 2.62. The van der Waals surface area contributed by atoms with Crippen molar-refractivity contribution in [2.24, 2.45) is 5.92 Å². The van der Waals surface area contributed by atoms with E-state index in [1.165, 1.54) is 0 Å². The molecular weight excluding hydrogens is 256 g/mol. The highest BCUT2D eigenvalue weighted by atomic mass is 16.3. The second kappa shape index (κ2) is 5.20. The van der Waals surface area contributed by atoms with Crippen LogP contribution in [0.25, 0.3) is 11.0 Å². The van der Waals surface area contributed by atoms with Crippen molar-refractivity contribution in [2.45, 2.75) is 26.0 Å². The summed E-state index contributed by atoms with van der Waals surface area (Å²) in [5, 5.41) is 17.8. The Morgan fingerprint density at radius 3 is 3.05 bits per heavy atom. The second-order valence-corrected chi connectivity index (χ2v) is 5.41. The highest BCUT2D eigenvalue weighted by Gasteiger charge is 2.27. The van der Waals surface area contributed by atoms with Crippen molar-refractivity contribution in [3.63, 3.8) is 0 Å². The van der Waals surface area contributed by atoms with Gasteiger partial charge in [0, 0.05) is 13.1 Å². The number of carbonyl (C=O) groups is 1. The van der Waals surface area contributed by atoms with Crippen LogP contribution >= 0.6 is 0 Å². The zero-order chi connectivity index (χ0) is 14.1. The Bertz CT molecular complexity index is 624. The third-order valence-electron chi connectivity index (χ3n) is 3.92. The van der Waals surface area contributed by atoms with Crippen LogP contribution in [0.1, 0.15) is 13.3 Å². The van der Waals surface area contributed by atoms with Crippen molar-refractivity contribution in [3.8, 4) is 0 Å². The average molecular weight is 274 g/mol. The van der Waals surface area contributed by atoms with Crippen LogP contribution in [-0.2, 0) is 11.3 Å². The van der Waals surface area contributed by atoms with Crippen LogP contribution in [0.4, 0.5) is 0 Å². The van der Waals surface area contributed by atoms with Gasteiger partial charge in [0.15, 0.2) is 0 Å². The third kappa shape index (κ3) is 2.38. The number of aliphatic hydroxyl groups is 1. The lowest BCUT2D eigenvalue weighted by atomic mass is 9.97. The number of aromatic nitrogens is 3. The summed E-state index contributed by atoms with van der Waals surface area (Å²) >= 11 is 0. The van der Waals surface area contributed by atoms with E-state index in [0.29, 0.717) is 19.5 Å². The standard InChI is InChI=1S/C14H18N4O2/c1-10-8-17(7-6-13(10)19)14(20)9-18-12-5-3-2-4-11(12)15-16-18/h2-5,10,13,19H,6-9H2,1H3. The smallest absolute Gasteiger partial charge is 0.244 e. The summed E-state index contributed by atoms with van der Waals surface area (Å²) in [4.78, 5) is 14.1. The Kier molecular flexibility index (Phi) is 3.40. The van der Waals surface area contributed by atoms with E-state index in [4.69, 9.17) is 0 Å². The SMILES string of the molecule is CC1CN(C(=O)Cn2nnc3ccccc32)CCC1O. The summed E-state index contributed by atoms with van der Waals surface area (Å²) in [7, 11) is 0. The fourth-order valence-electron chi connectivity index (χ4n) is 2.62. The molecule has 1 aromatic heterocycles. The minimum absolute atomic E-state index is 0.0272. The van der Waals surface area contributed by atoms with E-state index in [9.17, 15) is 9.90 Å². The highest BCUT2D eigenvalue weighted by molar-refractivity contribution is 5.79. The van der Waals surface area contributed by atoms with E-state index in [0.717, 1.165) is 11.0 Å². The number of likely N-dealkylation sites (tertiary alicyclic amines) is 1. The lowest BCUT2D eigenvalue weighted by molar-refractivity contribution is -0.135. The van der Waals surface area contributed by atoms with Gasteiger partial charge in [-0.3, -0.25) is 4.79 Å². The quantitative estimate of drug-likeness (QED) is 0.873. The van der Waals surface area contributed by atoms with Crippen molar-refractivity contribution >= 4 is 16.9 Å². The van der Waals surface area contributed by atoms with Crippen LogP contribution in [0.5, 0.6) is 0 Å². The Labute approximate surface area is 117 Å². The Hall–Kier alpha value is -1.95. The van der Waals surface area contributed by atoms with Gasteiger partial charge in [0.25, 0.3) is 0 Å². The number of rotatable bonds is 2. The van der Waals surface area contributed by atoms with Gasteiger partial charge in [0.2, 0.25) is 5.91 Å². The number of carbonyl (C=O) groups excluding carboxylic acids is 1. The maximum Gasteiger partial charge on any atom is 0.244 e. The molecule has 1 amide bonds. The van der Waals surface area contributed by atoms with Crippen LogP contribution in [0.2, 0.25) is 0 Å². The van der Waals surface area contributed by atoms with Crippen LogP contribution < -0.4 is 0 Å². The van der Waals surface area contributed by atoms with Gasteiger partial charge in [-0.2, -0.15) is 0 Å². The first-order valence-electron chi connectivity index (χ1n) is 6.89. The molecule has 1 aliphatic heterocycles. The topological polar surface area (TPSA) is 71.2 Å². The van der Waals surface area contributed by atoms with Gasteiger partial charge in [-0.25, -0.2) is 4.68 Å². The summed E-state index contributed by atoms with van der Waals surface area (Å²) < 4.78 is 1.63. The Morgan fingerprint density at radius 2 is 2.25 bits per heavy atom. The molecule has 3 rings (SSSR count). The van der Waals surface area contributed by atoms with Gasteiger partial charge in [-0.05, 0) is 24.5 Å². The first-order chi connectivity index (χ1) is 9.65. The second-order valence-electron chi connectivity index (χ2n) is 5.41. The van der Waals surface area contributed by atoms with Crippen LogP contribution in [0.3, 0.4) is 0 Å². The number of hydrogen-bond donors (Lipinski definition) is 1. The number of benzene rings is 1. The number of para-hydroxylation sites is 1. The van der Waals surface area contributed by atoms with Crippen LogP contribution in [0, 0.1) is 5.92 Å². The minimum Gasteiger partial charge on any atom is -0.393 e. The molecule has 2 aromatic rings. The van der Waals surface area contributed by atoms with E-state index in [2.05, 4.69) is 10.3 Å². The van der Waals surface area contributed by atoms with Crippen LogP contribution in [-0.4, -0.2) is 50.1 Å². The van der Waals surface area contributed by atoms with E-state index < -0.39 is 0 Å². The summed E-state index contributed by atoms with van der Waals surface area (Å²) in [6.07, 6.45) is 0.344. The van der Waals surface area contributed by atoms with Gasteiger partial charge >= 0.3 is 0 Å². The normalized spacial score (nSPS) is 23.2. The zero-order valence-corrected chi connectivity index (χ0v) is 11.4. The molecule has 1 fully saturated rings. The lowest BCUT2D eigenvalue weighted by Crippen LogP contribution is -2.46. The van der Waals surface area contributed by atoms with Gasteiger partial charge in [0.05, 0.1) is 11.6 Å². The number of hydrogen-bond acceptors (Lipinski definition) is 4. The zero-order valence-electron chi connectivity index (χ0n) is 11.4. The Morgan fingerprint density at radius 1 is 1.45 bits per heavy atom. The van der Waals surface area contributed by atoms with Gasteiger partial charge in [-0.15, -0.1) is 5.10 Å². The van der Waals surface area contributed by atoms with Gasteiger partial charge in [0.1, 0.15) is 12.1 Å². The van der Waals surface area contributed by atoms with Gasteiger partial charge < -0.3 is 10.0 Å². The molecule has 0 saturated carbocycles. The number of fused-ring (bicyclic) bond motifs is 1. The van der Waals surface area contributed by atoms with Crippen molar-refractivity contribution in [2.75, 3.05) is 13.1 Å². The third-order valence-corrected chi connectivity index (χ3v) is 3.92. The maximum absolute atomic E-state index is 12.3. The predicted octanol–water partition coefficient (Wildman–Crippen LogP) is 0.661. The molecule has 106 valence electrons. The van der Waals surface area contributed by atoms with Crippen molar-refractivity contribution in [1.82, 2.24) is 19.9 Å². The van der Waals surface area contributed by atoms with Gasteiger partial charge in [-0.1, -0.05) is 24.3 Å². The van der Waals surface area contributed by atoms with Crippen molar-refractivity contribution < 1.29 is 9.90 Å². The molecule has 1 N–H and O–H groups in total. The minimum atomic E-state index is -0.300. The summed E-state index contributed by atoms with van der Waals surface area (Å²) in [6.45, 7) is 3.38. The summed E-state index contributed by atoms with van der Waals surface area (Å²) in [5.41, 5.74) is 1.66. The summed E-state index contributed by atoms with van der Waals surface area (Å²) in [6, 6.07) is 7.59. The first kappa shape index (κ1) is 13.1. The molecule has 2 heterocycles. The number of nitrogens with zero attached hydrogens (tertiary/aromatic N) is 4. The number of piperidine rings is 1. The molecule has 20 heavy (non-hydrogen) atoms. The van der Waals surface area contributed by atoms with E-state index >= 15 is 0 Å². The molecule has 2 atom stereocenters. The largest absolute Gasteiger partial charge is 0.393 e. The highest BCUT2D eigenvalue weighted by Crippen LogP contribution is 2.17. The summed E-state index contributed by atoms with van der Waals surface area (Å²) in [5.74, 6) is 0.152. The van der Waals surface area contributed by atoms with E-state index in [1.807, 2.05) is 31.2 Å². The lowest BCUT2D eigenvalue weighted by Gasteiger charge is -2.34. The molecule has 0 bridgehead atoms. The number of aliphatic hydroxyl groups excluding tert-OH is 1. The average Bonchev–Trinajstić information content (AvgIpc) is 2.85. The van der Waals surface area contributed by atoms with E-state index in [-0.39, 0.29) is 24.5 Å². The molecule has 6 nitrogen and oxygen atoms in total. The first-order valence-corrected chi connectivity index (χ1v) is 6.89. The Balaban J connectivity index is 1.73. The molecule has 6 heteroatoms. The number of amides is 1.